The van der Waals surface area contributed by atoms with Gasteiger partial charge in [-0.2, -0.15) is 4.31 Å². The van der Waals surface area contributed by atoms with E-state index < -0.39 is 10.0 Å². The minimum absolute atomic E-state index is 0.0958. The molecule has 1 atom stereocenters. The lowest BCUT2D eigenvalue weighted by Crippen LogP contribution is -2.57. The zero-order valence-electron chi connectivity index (χ0n) is 19.0. The van der Waals surface area contributed by atoms with Crippen LogP contribution in [0.4, 0.5) is 11.4 Å². The third-order valence-electron chi connectivity index (χ3n) is 6.65. The van der Waals surface area contributed by atoms with Crippen molar-refractivity contribution in [1.29, 1.82) is 0 Å². The van der Waals surface area contributed by atoms with Gasteiger partial charge in [0, 0.05) is 26.2 Å². The molecule has 176 valence electrons. The first kappa shape index (κ1) is 23.0. The first-order chi connectivity index (χ1) is 15.3. The number of hydrogen-bond acceptors (Lipinski definition) is 5. The van der Waals surface area contributed by atoms with E-state index in [9.17, 15) is 18.0 Å². The highest BCUT2D eigenvalue weighted by Gasteiger charge is 2.41. The number of benzene rings is 1. The van der Waals surface area contributed by atoms with Crippen LogP contribution in [0.5, 0.6) is 0 Å². The van der Waals surface area contributed by atoms with E-state index >= 15 is 0 Å². The Morgan fingerprint density at radius 3 is 2.53 bits per heavy atom. The Bertz CT molecular complexity index is 972. The monoisotopic (exact) mass is 462 g/mol. The zero-order chi connectivity index (χ0) is 22.9. The number of rotatable bonds is 7. The Morgan fingerprint density at radius 1 is 1.09 bits per heavy atom. The fourth-order valence-electron chi connectivity index (χ4n) is 4.84. The molecule has 0 spiro atoms. The molecule has 0 saturated carbocycles. The van der Waals surface area contributed by atoms with E-state index in [0.717, 1.165) is 50.8 Å². The van der Waals surface area contributed by atoms with Crippen molar-refractivity contribution in [1.82, 2.24) is 9.62 Å². The highest BCUT2D eigenvalue weighted by molar-refractivity contribution is 7.89. The predicted octanol–water partition coefficient (Wildman–Crippen LogP) is 2.34. The van der Waals surface area contributed by atoms with Crippen molar-refractivity contribution in [2.24, 2.45) is 5.92 Å². The summed E-state index contributed by atoms with van der Waals surface area (Å²) < 4.78 is 27.8. The number of nitrogens with one attached hydrogen (secondary N) is 1. The van der Waals surface area contributed by atoms with Crippen molar-refractivity contribution in [3.8, 4) is 0 Å². The van der Waals surface area contributed by atoms with E-state index in [1.807, 2.05) is 6.07 Å². The van der Waals surface area contributed by atoms with Gasteiger partial charge in [0.15, 0.2) is 0 Å². The topological polar surface area (TPSA) is 90.0 Å². The largest absolute Gasteiger partial charge is 0.358 e. The van der Waals surface area contributed by atoms with Crippen LogP contribution in [0.25, 0.3) is 0 Å². The number of carbonyl (C=O) groups is 2. The van der Waals surface area contributed by atoms with Gasteiger partial charge in [-0.15, -0.1) is 0 Å². The lowest BCUT2D eigenvalue weighted by atomic mass is 9.96. The van der Waals surface area contributed by atoms with Crippen molar-refractivity contribution in [3.05, 3.63) is 18.2 Å². The molecule has 8 nitrogen and oxygen atoms in total. The molecule has 0 unspecified atom stereocenters. The van der Waals surface area contributed by atoms with Crippen molar-refractivity contribution < 1.29 is 18.0 Å². The minimum Gasteiger partial charge on any atom is -0.358 e. The van der Waals surface area contributed by atoms with Gasteiger partial charge >= 0.3 is 0 Å². The molecule has 2 amide bonds. The second kappa shape index (κ2) is 9.39. The summed E-state index contributed by atoms with van der Waals surface area (Å²) >= 11 is 0. The van der Waals surface area contributed by atoms with Gasteiger partial charge in [0.05, 0.1) is 16.3 Å². The number of carbonyl (C=O) groups excluding carboxylic acids is 2. The molecule has 0 bridgehead atoms. The molecule has 4 rings (SSSR count). The third-order valence-corrected chi connectivity index (χ3v) is 8.54. The van der Waals surface area contributed by atoms with Crippen LogP contribution in [0.2, 0.25) is 0 Å². The Labute approximate surface area is 191 Å². The highest BCUT2D eigenvalue weighted by atomic mass is 32.2. The molecule has 0 aliphatic carbocycles. The lowest BCUT2D eigenvalue weighted by Gasteiger charge is -2.45. The van der Waals surface area contributed by atoms with Gasteiger partial charge in [-0.05, 0) is 62.6 Å². The Morgan fingerprint density at radius 2 is 1.81 bits per heavy atom. The highest BCUT2D eigenvalue weighted by Crippen LogP contribution is 2.41. The van der Waals surface area contributed by atoms with Crippen molar-refractivity contribution >= 4 is 33.2 Å². The molecular weight excluding hydrogens is 428 g/mol. The van der Waals surface area contributed by atoms with Crippen LogP contribution >= 0.6 is 0 Å². The molecule has 9 heteroatoms. The summed E-state index contributed by atoms with van der Waals surface area (Å²) in [6.45, 7) is 6.46. The van der Waals surface area contributed by atoms with Gasteiger partial charge in [-0.25, -0.2) is 8.42 Å². The molecule has 0 aromatic heterocycles. The zero-order valence-corrected chi connectivity index (χ0v) is 19.9. The number of sulfonamides is 1. The summed E-state index contributed by atoms with van der Waals surface area (Å²) in [5.74, 6) is 0.135. The quantitative estimate of drug-likeness (QED) is 0.672. The summed E-state index contributed by atoms with van der Waals surface area (Å²) in [6.07, 6.45) is 5.30. The van der Waals surface area contributed by atoms with Crippen molar-refractivity contribution in [2.75, 3.05) is 42.5 Å². The van der Waals surface area contributed by atoms with Gasteiger partial charge in [-0.3, -0.25) is 14.5 Å². The maximum Gasteiger partial charge on any atom is 0.250 e. The van der Waals surface area contributed by atoms with E-state index in [0.29, 0.717) is 31.2 Å². The van der Waals surface area contributed by atoms with Crippen molar-refractivity contribution in [2.45, 2.75) is 63.3 Å². The molecule has 3 aliphatic heterocycles. The molecule has 2 fully saturated rings. The van der Waals surface area contributed by atoms with Crippen LogP contribution in [0.1, 0.15) is 52.4 Å². The van der Waals surface area contributed by atoms with Crippen LogP contribution < -0.4 is 15.1 Å². The van der Waals surface area contributed by atoms with E-state index in [1.165, 1.54) is 9.21 Å². The fraction of sp³-hybridized carbons (Fsp3) is 0.652. The smallest absolute Gasteiger partial charge is 0.250 e. The third kappa shape index (κ3) is 4.50. The molecule has 3 aliphatic rings. The molecule has 1 N–H and O–H groups in total. The molecule has 0 radical (unpaired) electrons. The van der Waals surface area contributed by atoms with Gasteiger partial charge in [-0.1, -0.05) is 13.8 Å². The predicted molar refractivity (Wildman–Crippen MR) is 124 cm³/mol. The minimum atomic E-state index is -3.62. The summed E-state index contributed by atoms with van der Waals surface area (Å²) in [5.41, 5.74) is 1.36. The van der Waals surface area contributed by atoms with E-state index in [1.54, 1.807) is 12.1 Å². The Balaban J connectivity index is 1.66. The lowest BCUT2D eigenvalue weighted by molar-refractivity contribution is -0.125. The van der Waals surface area contributed by atoms with Crippen LogP contribution in [-0.4, -0.2) is 63.3 Å². The molecule has 1 aromatic carbocycles. The molecule has 3 heterocycles. The Kier molecular flexibility index (Phi) is 6.76. The number of amides is 2. The van der Waals surface area contributed by atoms with Gasteiger partial charge in [0.1, 0.15) is 12.6 Å². The van der Waals surface area contributed by atoms with Crippen LogP contribution in [0.3, 0.4) is 0 Å². The number of anilines is 2. The van der Waals surface area contributed by atoms with E-state index in [4.69, 9.17) is 0 Å². The van der Waals surface area contributed by atoms with Gasteiger partial charge in [0.25, 0.3) is 0 Å². The van der Waals surface area contributed by atoms with Crippen LogP contribution in [-0.2, 0) is 19.6 Å². The molecule has 1 aromatic rings. The van der Waals surface area contributed by atoms with Crippen LogP contribution in [0, 0.1) is 5.92 Å². The molecular formula is C23H34N4O4S. The number of fused-ring (bicyclic) bond motifs is 3. The summed E-state index contributed by atoms with van der Waals surface area (Å²) in [6, 6.07) is 4.76. The second-order valence-electron chi connectivity index (χ2n) is 9.42. The van der Waals surface area contributed by atoms with E-state index in [2.05, 4.69) is 24.1 Å². The number of nitrogens with zero attached hydrogens (tertiary/aromatic N) is 3. The normalized spacial score (nSPS) is 21.6. The first-order valence-electron chi connectivity index (χ1n) is 11.8. The maximum absolute atomic E-state index is 13.4. The molecule has 2 saturated heterocycles. The van der Waals surface area contributed by atoms with Crippen LogP contribution in [0.15, 0.2) is 23.1 Å². The fourth-order valence-corrected chi connectivity index (χ4v) is 6.38. The van der Waals surface area contributed by atoms with Gasteiger partial charge < -0.3 is 10.2 Å². The first-order valence-corrected chi connectivity index (χ1v) is 13.2. The van der Waals surface area contributed by atoms with Crippen molar-refractivity contribution in [3.63, 3.8) is 0 Å². The average molecular weight is 463 g/mol. The Hall–Kier alpha value is -2.13. The standard InChI is InChI=1S/C23H34N4O4S/c1-17(2)10-11-24-22(28)16-27-21-15-18(32(30,31)25-12-5-6-13-25)8-9-19(21)26-14-4-3-7-20(26)23(27)29/h8-9,15,17,20H,3-7,10-14,16H2,1-2H3,(H,24,28)/t20-/m1/s1. The van der Waals surface area contributed by atoms with Gasteiger partial charge in [0.2, 0.25) is 21.8 Å². The molecule has 32 heavy (non-hydrogen) atoms. The number of piperidine rings is 1. The summed E-state index contributed by atoms with van der Waals surface area (Å²) in [4.78, 5) is 29.8. The van der Waals surface area contributed by atoms with E-state index in [-0.39, 0.29) is 29.3 Å². The summed E-state index contributed by atoms with van der Waals surface area (Å²) in [7, 11) is -3.62. The number of hydrogen-bond donors (Lipinski definition) is 1. The maximum atomic E-state index is 13.4. The second-order valence-corrected chi connectivity index (χ2v) is 11.4. The summed E-state index contributed by atoms with van der Waals surface area (Å²) in [5, 5.41) is 2.90. The SMILES string of the molecule is CC(C)CCNC(=O)CN1C(=O)[C@H]2CCCCN2c2ccc(S(=O)(=O)N3CCCC3)cc21. The average Bonchev–Trinajstić information content (AvgIpc) is 3.32.